The van der Waals surface area contributed by atoms with E-state index in [1.54, 1.807) is 11.0 Å². The minimum Gasteiger partial charge on any atom is -0.490 e. The largest absolute Gasteiger partial charge is 0.490 e. The highest BCUT2D eigenvalue weighted by molar-refractivity contribution is 6.02. The third-order valence-corrected chi connectivity index (χ3v) is 3.33. The second-order valence-electron chi connectivity index (χ2n) is 5.37. The summed E-state index contributed by atoms with van der Waals surface area (Å²) in [5.74, 6) is 0.504. The molecule has 2 rings (SSSR count). The average molecular weight is 284 g/mol. The fourth-order valence-electron chi connectivity index (χ4n) is 2.35. The Morgan fingerprint density at radius 1 is 1.33 bits per heavy atom. The van der Waals surface area contributed by atoms with Gasteiger partial charge in [-0.3, -0.25) is 4.79 Å². The molecule has 1 aromatic carbocycles. The maximum absolute atomic E-state index is 12.3. The molecular weight excluding hydrogens is 264 g/mol. The molecule has 21 heavy (non-hydrogen) atoms. The number of benzene rings is 1. The molecule has 0 spiro atoms. The van der Waals surface area contributed by atoms with Crippen molar-refractivity contribution >= 4 is 12.0 Å². The zero-order valence-electron chi connectivity index (χ0n) is 12.5. The monoisotopic (exact) mass is 284 g/mol. The van der Waals surface area contributed by atoms with Gasteiger partial charge in [-0.05, 0) is 38.8 Å². The number of hydrogen-bond acceptors (Lipinski definition) is 3. The van der Waals surface area contributed by atoms with Crippen LogP contribution in [0.1, 0.15) is 32.3 Å². The van der Waals surface area contributed by atoms with Gasteiger partial charge < -0.3 is 9.64 Å². The van der Waals surface area contributed by atoms with Gasteiger partial charge in [-0.25, -0.2) is 0 Å². The molecule has 1 fully saturated rings. The quantitative estimate of drug-likeness (QED) is 0.631. The summed E-state index contributed by atoms with van der Waals surface area (Å²) in [5.41, 5.74) is 0.923. The highest BCUT2D eigenvalue weighted by Gasteiger charge is 2.21. The predicted molar refractivity (Wildman–Crippen MR) is 81.6 cm³/mol. The molecule has 1 aliphatic heterocycles. The van der Waals surface area contributed by atoms with Crippen molar-refractivity contribution in [1.29, 1.82) is 5.26 Å². The van der Waals surface area contributed by atoms with Gasteiger partial charge in [0.1, 0.15) is 17.4 Å². The summed E-state index contributed by atoms with van der Waals surface area (Å²) >= 11 is 0. The summed E-state index contributed by atoms with van der Waals surface area (Å²) in [5, 5.41) is 9.28. The summed E-state index contributed by atoms with van der Waals surface area (Å²) in [4.78, 5) is 14.0. The summed E-state index contributed by atoms with van der Waals surface area (Å²) in [6, 6.07) is 9.47. The zero-order valence-corrected chi connectivity index (χ0v) is 12.5. The maximum Gasteiger partial charge on any atom is 0.264 e. The number of ether oxygens (including phenoxy) is 1. The van der Waals surface area contributed by atoms with Crippen LogP contribution in [0.3, 0.4) is 0 Å². The summed E-state index contributed by atoms with van der Waals surface area (Å²) in [6.07, 6.45) is 3.69. The fraction of sp³-hybridized carbons (Fsp3) is 0.412. The van der Waals surface area contributed by atoms with E-state index in [9.17, 15) is 10.1 Å². The number of amides is 1. The first-order valence-electron chi connectivity index (χ1n) is 7.28. The molecule has 0 saturated carbocycles. The Morgan fingerprint density at radius 3 is 2.62 bits per heavy atom. The van der Waals surface area contributed by atoms with Crippen LogP contribution < -0.4 is 4.74 Å². The molecule has 0 atom stereocenters. The van der Waals surface area contributed by atoms with Crippen LogP contribution in [0.15, 0.2) is 29.8 Å². The molecule has 0 bridgehead atoms. The van der Waals surface area contributed by atoms with Crippen molar-refractivity contribution in [2.45, 2.75) is 32.8 Å². The molecule has 1 aromatic rings. The lowest BCUT2D eigenvalue weighted by Crippen LogP contribution is -2.28. The number of carbonyl (C=O) groups excluding carboxylic acids is 1. The fourth-order valence-corrected chi connectivity index (χ4v) is 2.35. The van der Waals surface area contributed by atoms with Crippen LogP contribution in [0.25, 0.3) is 6.08 Å². The van der Waals surface area contributed by atoms with Crippen LogP contribution in [0.5, 0.6) is 5.75 Å². The third-order valence-electron chi connectivity index (χ3n) is 3.33. The van der Waals surface area contributed by atoms with Gasteiger partial charge in [0.25, 0.3) is 5.91 Å². The van der Waals surface area contributed by atoms with E-state index in [1.165, 1.54) is 0 Å². The Kier molecular flexibility index (Phi) is 4.99. The van der Waals surface area contributed by atoms with Crippen LogP contribution in [0.4, 0.5) is 0 Å². The molecule has 0 aliphatic carbocycles. The molecule has 1 aliphatic rings. The lowest BCUT2D eigenvalue weighted by Gasteiger charge is -2.15. The SMILES string of the molecule is CC(C)Oc1ccccc1/C=C(\C#N)C(=O)N1CCCC1. The van der Waals surface area contributed by atoms with Crippen LogP contribution in [0, 0.1) is 11.3 Å². The zero-order chi connectivity index (χ0) is 15.2. The summed E-state index contributed by atoms with van der Waals surface area (Å²) in [6.45, 7) is 5.37. The number of rotatable bonds is 4. The van der Waals surface area contributed by atoms with Crippen LogP contribution in [-0.4, -0.2) is 30.0 Å². The van der Waals surface area contributed by atoms with Gasteiger partial charge >= 0.3 is 0 Å². The number of carbonyl (C=O) groups is 1. The summed E-state index contributed by atoms with van der Waals surface area (Å²) < 4.78 is 5.72. The molecular formula is C17H20N2O2. The Hall–Kier alpha value is -2.28. The van der Waals surface area contributed by atoms with E-state index in [-0.39, 0.29) is 17.6 Å². The lowest BCUT2D eigenvalue weighted by atomic mass is 10.1. The molecule has 0 N–H and O–H groups in total. The van der Waals surface area contributed by atoms with Crippen LogP contribution >= 0.6 is 0 Å². The van der Waals surface area contributed by atoms with Crippen molar-refractivity contribution in [3.05, 3.63) is 35.4 Å². The first kappa shape index (κ1) is 15.1. The topological polar surface area (TPSA) is 53.3 Å². The second-order valence-corrected chi connectivity index (χ2v) is 5.37. The van der Waals surface area contributed by atoms with Gasteiger partial charge in [0.05, 0.1) is 6.10 Å². The summed E-state index contributed by atoms with van der Waals surface area (Å²) in [7, 11) is 0. The van der Waals surface area contributed by atoms with Crippen molar-refractivity contribution < 1.29 is 9.53 Å². The molecule has 0 radical (unpaired) electrons. The number of nitriles is 1. The van der Waals surface area contributed by atoms with Crippen molar-refractivity contribution in [2.75, 3.05) is 13.1 Å². The number of likely N-dealkylation sites (tertiary alicyclic amines) is 1. The Balaban J connectivity index is 2.27. The third kappa shape index (κ3) is 3.85. The van der Waals surface area contributed by atoms with Crippen molar-refractivity contribution in [2.24, 2.45) is 0 Å². The molecule has 1 amide bonds. The Morgan fingerprint density at radius 2 is 2.00 bits per heavy atom. The van der Waals surface area contributed by atoms with E-state index in [2.05, 4.69) is 0 Å². The number of hydrogen-bond donors (Lipinski definition) is 0. The Bertz CT molecular complexity index is 579. The van der Waals surface area contributed by atoms with Crippen molar-refractivity contribution in [3.8, 4) is 11.8 Å². The van der Waals surface area contributed by atoms with E-state index in [4.69, 9.17) is 4.74 Å². The first-order valence-corrected chi connectivity index (χ1v) is 7.28. The molecule has 4 heteroatoms. The van der Waals surface area contributed by atoms with E-state index < -0.39 is 0 Å². The first-order chi connectivity index (χ1) is 10.1. The predicted octanol–water partition coefficient (Wildman–Crippen LogP) is 3.00. The van der Waals surface area contributed by atoms with Gasteiger partial charge in [-0.2, -0.15) is 5.26 Å². The maximum atomic E-state index is 12.3. The lowest BCUT2D eigenvalue weighted by molar-refractivity contribution is -0.125. The normalized spacial score (nSPS) is 15.1. The standard InChI is InChI=1S/C17H20N2O2/c1-13(2)21-16-8-4-3-7-14(16)11-15(12-18)17(20)19-9-5-6-10-19/h3-4,7-8,11,13H,5-6,9-10H2,1-2H3/b15-11+. The van der Waals surface area contributed by atoms with Gasteiger partial charge in [0.2, 0.25) is 0 Å². The highest BCUT2D eigenvalue weighted by Crippen LogP contribution is 2.23. The smallest absolute Gasteiger partial charge is 0.264 e. The minimum absolute atomic E-state index is 0.0411. The molecule has 4 nitrogen and oxygen atoms in total. The number of para-hydroxylation sites is 1. The van der Waals surface area contributed by atoms with Gasteiger partial charge in [0, 0.05) is 18.7 Å². The van der Waals surface area contributed by atoms with E-state index >= 15 is 0 Å². The van der Waals surface area contributed by atoms with Crippen molar-refractivity contribution in [1.82, 2.24) is 4.90 Å². The van der Waals surface area contributed by atoms with Crippen molar-refractivity contribution in [3.63, 3.8) is 0 Å². The molecule has 0 aromatic heterocycles. The minimum atomic E-state index is -0.186. The average Bonchev–Trinajstić information content (AvgIpc) is 2.99. The molecule has 1 saturated heterocycles. The van der Waals surface area contributed by atoms with Gasteiger partial charge in [-0.15, -0.1) is 0 Å². The molecule has 0 unspecified atom stereocenters. The second kappa shape index (κ2) is 6.94. The molecule has 1 heterocycles. The van der Waals surface area contributed by atoms with Gasteiger partial charge in [-0.1, -0.05) is 18.2 Å². The Labute approximate surface area is 125 Å². The van der Waals surface area contributed by atoms with E-state index in [1.807, 2.05) is 44.2 Å². The van der Waals surface area contributed by atoms with E-state index in [0.717, 1.165) is 31.5 Å². The van der Waals surface area contributed by atoms with Crippen LogP contribution in [-0.2, 0) is 4.79 Å². The van der Waals surface area contributed by atoms with E-state index in [0.29, 0.717) is 5.75 Å². The van der Waals surface area contributed by atoms with Crippen LogP contribution in [0.2, 0.25) is 0 Å². The highest BCUT2D eigenvalue weighted by atomic mass is 16.5. The van der Waals surface area contributed by atoms with Gasteiger partial charge in [0.15, 0.2) is 0 Å². The number of nitrogens with zero attached hydrogens (tertiary/aromatic N) is 2. The molecule has 110 valence electrons.